The number of aliphatic hydroxyl groups is 1. The number of ether oxygens (including phenoxy) is 1. The average molecular weight is 474 g/mol. The number of amides is 2. The van der Waals surface area contributed by atoms with Gasteiger partial charge in [0.05, 0.1) is 6.54 Å². The lowest BCUT2D eigenvalue weighted by Gasteiger charge is -2.36. The Balaban J connectivity index is 1.31. The third-order valence-corrected chi connectivity index (χ3v) is 6.39. The summed E-state index contributed by atoms with van der Waals surface area (Å²) < 4.78 is 34.0. The first-order chi connectivity index (χ1) is 16.1. The van der Waals surface area contributed by atoms with Gasteiger partial charge in [-0.2, -0.15) is 8.78 Å². The van der Waals surface area contributed by atoms with E-state index < -0.39 is 36.0 Å². The van der Waals surface area contributed by atoms with Crippen LogP contribution >= 0.6 is 0 Å². The van der Waals surface area contributed by atoms with Crippen molar-refractivity contribution in [3.8, 4) is 11.1 Å². The Hall–Kier alpha value is -3.53. The van der Waals surface area contributed by atoms with Crippen LogP contribution in [0.5, 0.6) is 0 Å². The van der Waals surface area contributed by atoms with Gasteiger partial charge in [0.2, 0.25) is 0 Å². The fraction of sp³-hybridized carbons (Fsp3) is 0.375. The van der Waals surface area contributed by atoms with Crippen molar-refractivity contribution >= 4 is 18.0 Å². The molecular weight excluding hydrogens is 450 g/mol. The lowest BCUT2D eigenvalue weighted by atomic mass is 9.91. The first kappa shape index (κ1) is 23.6. The fourth-order valence-corrected chi connectivity index (χ4v) is 4.43. The number of nitrogens with one attached hydrogen (secondary N) is 1. The second-order valence-corrected chi connectivity index (χ2v) is 8.51. The van der Waals surface area contributed by atoms with Crippen molar-refractivity contribution in [1.82, 2.24) is 10.2 Å². The van der Waals surface area contributed by atoms with E-state index in [0.29, 0.717) is 0 Å². The van der Waals surface area contributed by atoms with Crippen LogP contribution < -0.4 is 5.32 Å². The van der Waals surface area contributed by atoms with E-state index in [1.165, 1.54) is 0 Å². The molecule has 1 heterocycles. The Bertz CT molecular complexity index is 1070. The Kier molecular flexibility index (Phi) is 6.26. The number of hydrogen-bond acceptors (Lipinski definition) is 5. The number of benzene rings is 2. The van der Waals surface area contributed by atoms with E-state index >= 15 is 0 Å². The highest BCUT2D eigenvalue weighted by molar-refractivity contribution is 5.85. The molecule has 2 aromatic rings. The predicted octanol–water partition coefficient (Wildman–Crippen LogP) is 2.60. The third-order valence-electron chi connectivity index (χ3n) is 6.39. The van der Waals surface area contributed by atoms with E-state index in [4.69, 9.17) is 9.84 Å². The van der Waals surface area contributed by atoms with Crippen LogP contribution in [-0.4, -0.2) is 70.8 Å². The smallest absolute Gasteiger partial charge is 0.407 e. The molecule has 0 bridgehead atoms. The maximum atomic E-state index is 14.4. The van der Waals surface area contributed by atoms with E-state index in [1.807, 2.05) is 53.8 Å². The molecule has 180 valence electrons. The summed E-state index contributed by atoms with van der Waals surface area (Å²) in [5.74, 6) is -7.15. The van der Waals surface area contributed by atoms with Crippen LogP contribution in [0.1, 0.15) is 29.9 Å². The second kappa shape index (κ2) is 9.02. The molecule has 8 nitrogen and oxygen atoms in total. The lowest BCUT2D eigenvalue weighted by molar-refractivity contribution is -0.171. The fourth-order valence-electron chi connectivity index (χ4n) is 4.43. The van der Waals surface area contributed by atoms with E-state index in [-0.39, 0.29) is 38.5 Å². The van der Waals surface area contributed by atoms with Gasteiger partial charge in [-0.3, -0.25) is 4.79 Å². The lowest BCUT2D eigenvalue weighted by Crippen LogP contribution is -2.56. The molecule has 0 spiro atoms. The maximum Gasteiger partial charge on any atom is 0.407 e. The zero-order valence-corrected chi connectivity index (χ0v) is 18.2. The van der Waals surface area contributed by atoms with Gasteiger partial charge in [0.25, 0.3) is 5.91 Å². The van der Waals surface area contributed by atoms with Gasteiger partial charge < -0.3 is 25.2 Å². The van der Waals surface area contributed by atoms with Crippen LogP contribution in [0.15, 0.2) is 48.5 Å². The number of alkyl halides is 2. The molecule has 0 aromatic heterocycles. The van der Waals surface area contributed by atoms with Gasteiger partial charge in [-0.05, 0) is 22.3 Å². The van der Waals surface area contributed by atoms with Gasteiger partial charge in [0.15, 0.2) is 5.60 Å². The molecule has 0 unspecified atom stereocenters. The molecule has 4 rings (SSSR count). The Morgan fingerprint density at radius 3 is 2.09 bits per heavy atom. The number of hydrogen-bond donors (Lipinski definition) is 3. The highest BCUT2D eigenvalue weighted by Gasteiger charge is 2.47. The summed E-state index contributed by atoms with van der Waals surface area (Å²) in [6.45, 7) is -1.98. The zero-order chi connectivity index (χ0) is 24.5. The van der Waals surface area contributed by atoms with Crippen molar-refractivity contribution < 1.29 is 38.1 Å². The number of carboxylic acid groups (broad SMARTS) is 1. The number of fused-ring (bicyclic) bond motifs is 3. The summed E-state index contributed by atoms with van der Waals surface area (Å²) in [6.07, 6.45) is -1.79. The standard InChI is InChI=1S/C24H24F2N2O6/c25-24(26,20(29)28-11-9-23(33,10-12-28)21(30)31)14-27-22(32)34-13-19-17-7-3-1-5-15(17)16-6-2-4-8-18(16)19/h1-8,19,33H,9-14H2,(H,27,32)(H,30,31). The van der Waals surface area contributed by atoms with Gasteiger partial charge in [-0.1, -0.05) is 48.5 Å². The first-order valence-electron chi connectivity index (χ1n) is 10.8. The number of alkyl carbamates (subject to hydrolysis) is 1. The SMILES string of the molecule is O=C(NCC(F)(F)C(=O)N1CCC(O)(C(=O)O)CC1)OCC1c2ccccc2-c2ccccc21. The minimum atomic E-state index is -3.91. The van der Waals surface area contributed by atoms with Crippen molar-refractivity contribution in [1.29, 1.82) is 0 Å². The van der Waals surface area contributed by atoms with Gasteiger partial charge in [0, 0.05) is 31.8 Å². The molecule has 2 amide bonds. The topological polar surface area (TPSA) is 116 Å². The highest BCUT2D eigenvalue weighted by atomic mass is 19.3. The number of carboxylic acids is 1. The molecule has 1 fully saturated rings. The summed E-state index contributed by atoms with van der Waals surface area (Å²) in [7, 11) is 0. The normalized spacial score (nSPS) is 17.0. The molecule has 0 atom stereocenters. The second-order valence-electron chi connectivity index (χ2n) is 8.51. The maximum absolute atomic E-state index is 14.4. The van der Waals surface area contributed by atoms with E-state index in [0.717, 1.165) is 27.2 Å². The first-order valence-corrected chi connectivity index (χ1v) is 10.8. The summed E-state index contributed by atoms with van der Waals surface area (Å²) in [4.78, 5) is 36.2. The van der Waals surface area contributed by atoms with Gasteiger partial charge in [-0.25, -0.2) is 9.59 Å². The number of rotatable bonds is 6. The minimum Gasteiger partial charge on any atom is -0.479 e. The molecule has 1 aliphatic heterocycles. The van der Waals surface area contributed by atoms with Crippen LogP contribution in [0, 0.1) is 0 Å². The zero-order valence-electron chi connectivity index (χ0n) is 18.2. The van der Waals surface area contributed by atoms with Crippen LogP contribution in [0.2, 0.25) is 0 Å². The van der Waals surface area contributed by atoms with Crippen molar-refractivity contribution in [3.05, 3.63) is 59.7 Å². The number of carbonyl (C=O) groups excluding carboxylic acids is 2. The quantitative estimate of drug-likeness (QED) is 0.593. The Morgan fingerprint density at radius 2 is 1.56 bits per heavy atom. The van der Waals surface area contributed by atoms with E-state index in [2.05, 4.69) is 0 Å². The molecule has 10 heteroatoms. The molecule has 1 aliphatic carbocycles. The molecule has 3 N–H and O–H groups in total. The van der Waals surface area contributed by atoms with Crippen LogP contribution in [0.25, 0.3) is 11.1 Å². The van der Waals surface area contributed by atoms with E-state index in [9.17, 15) is 28.3 Å². The number of aliphatic carboxylic acids is 1. The Labute approximate surface area is 194 Å². The molecule has 2 aliphatic rings. The number of piperidine rings is 1. The number of halogens is 2. The predicted molar refractivity (Wildman–Crippen MR) is 116 cm³/mol. The summed E-state index contributed by atoms with van der Waals surface area (Å²) in [5, 5.41) is 20.8. The Morgan fingerprint density at radius 1 is 1.03 bits per heavy atom. The highest BCUT2D eigenvalue weighted by Crippen LogP contribution is 2.44. The molecule has 0 saturated carbocycles. The van der Waals surface area contributed by atoms with Crippen molar-refractivity contribution in [2.45, 2.75) is 30.3 Å². The minimum absolute atomic E-state index is 0.0563. The molecular formula is C24H24F2N2O6. The summed E-state index contributed by atoms with van der Waals surface area (Å²) >= 11 is 0. The van der Waals surface area contributed by atoms with Gasteiger partial charge in [-0.15, -0.1) is 0 Å². The van der Waals surface area contributed by atoms with Gasteiger partial charge >= 0.3 is 18.0 Å². The largest absolute Gasteiger partial charge is 0.479 e. The summed E-state index contributed by atoms with van der Waals surface area (Å²) in [6, 6.07) is 15.4. The van der Waals surface area contributed by atoms with Gasteiger partial charge in [0.1, 0.15) is 6.61 Å². The van der Waals surface area contributed by atoms with Crippen LogP contribution in [0.3, 0.4) is 0 Å². The molecule has 1 saturated heterocycles. The molecule has 2 aromatic carbocycles. The van der Waals surface area contributed by atoms with E-state index in [1.54, 1.807) is 0 Å². The third kappa shape index (κ3) is 4.45. The van der Waals surface area contributed by atoms with Crippen LogP contribution in [0.4, 0.5) is 13.6 Å². The molecule has 0 radical (unpaired) electrons. The van der Waals surface area contributed by atoms with Crippen molar-refractivity contribution in [2.75, 3.05) is 26.2 Å². The van der Waals surface area contributed by atoms with Crippen LogP contribution in [-0.2, 0) is 14.3 Å². The summed E-state index contributed by atoms with van der Waals surface area (Å²) in [5.41, 5.74) is 1.97. The number of likely N-dealkylation sites (tertiary alicyclic amines) is 1. The molecule has 34 heavy (non-hydrogen) atoms. The number of carbonyl (C=O) groups is 3. The number of nitrogens with zero attached hydrogens (tertiary/aromatic N) is 1. The average Bonchev–Trinajstić information content (AvgIpc) is 3.15. The monoisotopic (exact) mass is 474 g/mol. The van der Waals surface area contributed by atoms with Crippen molar-refractivity contribution in [2.24, 2.45) is 0 Å². The van der Waals surface area contributed by atoms with Crippen molar-refractivity contribution in [3.63, 3.8) is 0 Å².